The number of pyridine rings is 1. The Morgan fingerprint density at radius 1 is 0.782 bits per heavy atom. The van der Waals surface area contributed by atoms with Crippen molar-refractivity contribution in [2.75, 3.05) is 27.8 Å². The summed E-state index contributed by atoms with van der Waals surface area (Å²) < 4.78 is 66.4. The Morgan fingerprint density at radius 3 is 2.03 bits per heavy atom. The maximum atomic E-state index is 15.3. The first-order valence-electron chi connectivity index (χ1n) is 30.4. The number of benzene rings is 4. The van der Waals surface area contributed by atoms with Gasteiger partial charge in [-0.2, -0.15) is 0 Å². The summed E-state index contributed by atoms with van der Waals surface area (Å²) in [6, 6.07) is 36.6. The van der Waals surface area contributed by atoms with Crippen LogP contribution >= 0.6 is 11.9 Å². The highest BCUT2D eigenvalue weighted by Crippen LogP contribution is 2.44. The largest absolute Gasteiger partial charge is 0.459 e. The van der Waals surface area contributed by atoms with E-state index in [1.807, 2.05) is 139 Å². The van der Waals surface area contributed by atoms with Gasteiger partial charge < -0.3 is 57.7 Å². The topological polar surface area (TPSA) is 203 Å². The van der Waals surface area contributed by atoms with Crippen molar-refractivity contribution in [2.24, 2.45) is 28.1 Å². The zero-order valence-corrected chi connectivity index (χ0v) is 53.3. The average molecular weight is 1220 g/mol. The quantitative estimate of drug-likeness (QED) is 0.0505. The van der Waals surface area contributed by atoms with Gasteiger partial charge in [0, 0.05) is 59.5 Å². The highest BCUT2D eigenvalue weighted by Gasteiger charge is 2.55. The van der Waals surface area contributed by atoms with Gasteiger partial charge in [-0.15, -0.1) is 0 Å². The molecule has 0 saturated carbocycles. The lowest BCUT2D eigenvalue weighted by atomic mass is 9.73. The summed E-state index contributed by atoms with van der Waals surface area (Å²) in [5.74, 6) is -5.18. The standard InChI is InChI=1S/C69H89N3O14S/c1-14-55-69(10,77)60(73)44(4)57(71-87-52-33-22-17-23-34-52)42(2)39-68(9,79-36-26-27-48-38-51-32-24-25-35-53(51)70-41-48)61(86-66-59(54(72(11)12)37-43(3)80-66)84-64(75)49-28-18-15-19-29-49)45(5)58(46(6)63(74)82-55)83-56-40-67(8,78-13)62(47(7)81-56)85-65(76)50-30-20-16-21-31-50/h15-35,38,41-47,54-56,58-62,66,73,77H,14,36-37,39-40H2,1-13H3/b27-26+,71-57-/t42-,43-,44-,45+,46-,47+,54+,55+,56+,58-,59-,60-,61-,62+,66+,67-,68+,69-/m1/s1. The molecule has 5 aromatic rings. The predicted octanol–water partition coefficient (Wildman–Crippen LogP) is 11.4. The maximum Gasteiger partial charge on any atom is 0.338 e. The second kappa shape index (κ2) is 29.6. The monoisotopic (exact) mass is 1220 g/mol. The number of hydrogen-bond acceptors (Lipinski definition) is 18. The molecule has 3 fully saturated rings. The van der Waals surface area contributed by atoms with E-state index in [0.29, 0.717) is 23.3 Å². The number of fused-ring (bicyclic) bond motifs is 1. The maximum absolute atomic E-state index is 15.3. The van der Waals surface area contributed by atoms with E-state index in [1.165, 1.54) is 26.0 Å². The van der Waals surface area contributed by atoms with E-state index in [-0.39, 0.29) is 25.9 Å². The van der Waals surface area contributed by atoms with Gasteiger partial charge in [0.2, 0.25) is 0 Å². The summed E-state index contributed by atoms with van der Waals surface area (Å²) in [7, 11) is 5.39. The first-order chi connectivity index (χ1) is 41.5. The fraction of sp³-hybridized carbons (Fsp3) is 0.522. The summed E-state index contributed by atoms with van der Waals surface area (Å²) in [5, 5.41) is 26.1. The van der Waals surface area contributed by atoms with Crippen molar-refractivity contribution in [1.29, 1.82) is 0 Å². The Labute approximate surface area is 517 Å². The van der Waals surface area contributed by atoms with Crippen molar-refractivity contribution >= 4 is 52.5 Å². The average Bonchev–Trinajstić information content (AvgIpc) is 1.02. The normalized spacial score (nSPS) is 34.3. The number of aliphatic hydroxyl groups is 2. The molecule has 17 nitrogen and oxygen atoms in total. The van der Waals surface area contributed by atoms with Crippen molar-refractivity contribution in [3.8, 4) is 0 Å². The van der Waals surface area contributed by atoms with Crippen LogP contribution in [0.1, 0.15) is 121 Å². The molecule has 1 aromatic heterocycles. The minimum atomic E-state index is -1.99. The van der Waals surface area contributed by atoms with Gasteiger partial charge in [-0.05, 0) is 135 Å². The fourth-order valence-electron chi connectivity index (χ4n) is 12.7. The Balaban J connectivity index is 1.29. The van der Waals surface area contributed by atoms with Gasteiger partial charge in [0.05, 0.1) is 71.3 Å². The minimum absolute atomic E-state index is 0.0370. The molecule has 0 amide bonds. The smallest absolute Gasteiger partial charge is 0.338 e. The number of hydrogen-bond donors (Lipinski definition) is 2. The number of ether oxygens (including phenoxy) is 9. The van der Waals surface area contributed by atoms with Crippen LogP contribution in [0.4, 0.5) is 0 Å². The molecule has 3 aliphatic rings. The molecule has 3 saturated heterocycles. The number of nitrogens with zero attached hydrogens (tertiary/aromatic N) is 3. The number of aromatic nitrogens is 1. The molecule has 0 radical (unpaired) electrons. The lowest BCUT2D eigenvalue weighted by Crippen LogP contribution is -2.62. The zero-order valence-electron chi connectivity index (χ0n) is 52.5. The molecule has 4 aromatic carbocycles. The Hall–Kier alpha value is -5.90. The van der Waals surface area contributed by atoms with Crippen molar-refractivity contribution in [1.82, 2.24) is 9.88 Å². The van der Waals surface area contributed by atoms with Gasteiger partial charge in [-0.1, -0.05) is 113 Å². The minimum Gasteiger partial charge on any atom is -0.459 e. The summed E-state index contributed by atoms with van der Waals surface area (Å²) in [6.45, 7) is 18.2. The van der Waals surface area contributed by atoms with Gasteiger partial charge in [0.25, 0.3) is 0 Å². The highest BCUT2D eigenvalue weighted by atomic mass is 32.2. The molecule has 3 aliphatic heterocycles. The summed E-state index contributed by atoms with van der Waals surface area (Å²) >= 11 is 1.25. The van der Waals surface area contributed by atoms with Gasteiger partial charge >= 0.3 is 17.9 Å². The molecule has 0 bridgehead atoms. The van der Waals surface area contributed by atoms with Gasteiger partial charge in [-0.3, -0.25) is 9.78 Å². The Kier molecular flexibility index (Phi) is 22.8. The van der Waals surface area contributed by atoms with Crippen LogP contribution in [-0.2, 0) is 47.4 Å². The van der Waals surface area contributed by atoms with Crippen LogP contribution in [0, 0.1) is 23.7 Å². The number of rotatable bonds is 17. The van der Waals surface area contributed by atoms with E-state index < -0.39 is 126 Å². The number of carbonyl (C=O) groups excluding carboxylic acids is 3. The molecule has 87 heavy (non-hydrogen) atoms. The molecule has 0 spiro atoms. The number of carbonyl (C=O) groups is 3. The van der Waals surface area contributed by atoms with E-state index in [4.69, 9.17) is 52.0 Å². The predicted molar refractivity (Wildman–Crippen MR) is 335 cm³/mol. The van der Waals surface area contributed by atoms with Crippen molar-refractivity contribution in [3.05, 3.63) is 150 Å². The van der Waals surface area contributed by atoms with Gasteiger partial charge in [0.1, 0.15) is 17.3 Å². The zero-order chi connectivity index (χ0) is 62.8. The molecule has 18 atom stereocenters. The second-order valence-electron chi connectivity index (χ2n) is 24.6. The van der Waals surface area contributed by atoms with Crippen LogP contribution in [0.15, 0.2) is 143 Å². The second-order valence-corrected chi connectivity index (χ2v) is 25.4. The molecular weight excluding hydrogens is 1130 g/mol. The number of methoxy groups -OCH3 is 1. The highest BCUT2D eigenvalue weighted by molar-refractivity contribution is 7.98. The molecule has 2 N–H and O–H groups in total. The molecule has 18 heteroatoms. The van der Waals surface area contributed by atoms with Crippen molar-refractivity contribution in [2.45, 2.75) is 184 Å². The van der Waals surface area contributed by atoms with Crippen LogP contribution in [0.3, 0.4) is 0 Å². The molecule has 0 unspecified atom stereocenters. The van der Waals surface area contributed by atoms with Crippen LogP contribution in [-0.4, -0.2) is 156 Å². The van der Waals surface area contributed by atoms with E-state index in [2.05, 4.69) is 6.07 Å². The van der Waals surface area contributed by atoms with Crippen molar-refractivity contribution < 1.29 is 67.2 Å². The number of para-hydroxylation sites is 1. The first kappa shape index (κ1) is 67.0. The van der Waals surface area contributed by atoms with E-state index in [0.717, 1.165) is 21.4 Å². The van der Waals surface area contributed by atoms with E-state index in [1.54, 1.807) is 75.5 Å². The molecular formula is C69H89N3O14S. The van der Waals surface area contributed by atoms with Crippen LogP contribution in [0.25, 0.3) is 17.0 Å². The van der Waals surface area contributed by atoms with E-state index in [9.17, 15) is 19.8 Å². The molecule has 8 rings (SSSR count). The van der Waals surface area contributed by atoms with Gasteiger partial charge in [0.15, 0.2) is 24.8 Å². The number of aliphatic hydroxyl groups excluding tert-OH is 1. The van der Waals surface area contributed by atoms with Crippen molar-refractivity contribution in [3.63, 3.8) is 0 Å². The fourth-order valence-corrected chi connectivity index (χ4v) is 13.6. The Bertz CT molecular complexity index is 3120. The summed E-state index contributed by atoms with van der Waals surface area (Å²) in [6.07, 6.45) is -3.87. The third-order valence-corrected chi connectivity index (χ3v) is 18.5. The number of cyclic esters (lactones) is 1. The van der Waals surface area contributed by atoms with Gasteiger partial charge in [-0.25, -0.2) is 14.0 Å². The third kappa shape index (κ3) is 16.1. The molecule has 470 valence electrons. The summed E-state index contributed by atoms with van der Waals surface area (Å²) in [5.41, 5.74) is -1.61. The van der Waals surface area contributed by atoms with E-state index >= 15 is 4.79 Å². The lowest BCUT2D eigenvalue weighted by Gasteiger charge is -2.50. The number of esters is 3. The van der Waals surface area contributed by atoms with Crippen LogP contribution < -0.4 is 0 Å². The third-order valence-electron chi connectivity index (χ3n) is 17.7. The lowest BCUT2D eigenvalue weighted by molar-refractivity contribution is -0.319. The summed E-state index contributed by atoms with van der Waals surface area (Å²) in [4.78, 5) is 50.8. The number of likely N-dealkylation sites (N-methyl/N-ethyl adjacent to an activating group) is 1. The molecule has 0 aliphatic carbocycles. The van der Waals surface area contributed by atoms with Crippen LogP contribution in [0.5, 0.6) is 0 Å². The first-order valence-corrected chi connectivity index (χ1v) is 31.2. The Morgan fingerprint density at radius 2 is 1.40 bits per heavy atom. The van der Waals surface area contributed by atoms with Crippen LogP contribution in [0.2, 0.25) is 0 Å². The SMILES string of the molecule is CC[C@@H]1OC(=O)[C@H](C)[C@H](O[C@H]2C[C@@](C)(OC)[C@@H](OC(=O)c3ccccc3)[C@H](C)O2)[C@H](C)[C@@H](O[C@@H]2O[C@H](C)C[C@H](N(C)C)[C@H]2OC(=O)c2ccccc2)[C@@](C)(OC/C=C/c2cnc3ccccc3c2)C[C@@H](C)/C(=N/Sc2ccccc2)[C@@H](C)[C@@H](O)[C@]1(C)O. The molecule has 4 heterocycles.